The van der Waals surface area contributed by atoms with Crippen molar-refractivity contribution in [1.82, 2.24) is 14.5 Å². The Kier molecular flexibility index (Phi) is 5.38. The molecule has 11 heteroatoms. The number of halogens is 1. The minimum Gasteiger partial charge on any atom is -0.388 e. The number of carbonyl (C=O) groups excluding carboxylic acids is 1. The first-order valence-corrected chi connectivity index (χ1v) is 9.44. The molecule has 0 atom stereocenters. The molecule has 2 aromatic carbocycles. The zero-order valence-corrected chi connectivity index (χ0v) is 15.4. The van der Waals surface area contributed by atoms with Crippen LogP contribution in [0.25, 0.3) is 11.5 Å². The molecule has 0 fully saturated rings. The van der Waals surface area contributed by atoms with Crippen LogP contribution in [0, 0.1) is 5.82 Å². The molecule has 2 N–H and O–H groups in total. The summed E-state index contributed by atoms with van der Waals surface area (Å²) in [5, 5.41) is 6.44. The topological polar surface area (TPSA) is 123 Å². The van der Waals surface area contributed by atoms with E-state index in [1.807, 2.05) is 0 Å². The van der Waals surface area contributed by atoms with Crippen LogP contribution in [0.15, 0.2) is 62.6 Å². The predicted molar refractivity (Wildman–Crippen MR) is 97.5 cm³/mol. The van der Waals surface area contributed by atoms with Gasteiger partial charge in [0.2, 0.25) is 21.8 Å². The highest BCUT2D eigenvalue weighted by molar-refractivity contribution is 7.89. The smallest absolute Gasteiger partial charge is 0.388 e. The first-order chi connectivity index (χ1) is 13.3. The van der Waals surface area contributed by atoms with E-state index in [2.05, 4.69) is 15.1 Å². The molecule has 0 bridgehead atoms. The fraction of sp³-hybridized carbons (Fsp3) is 0.118. The van der Waals surface area contributed by atoms with Crippen LogP contribution in [0.3, 0.4) is 0 Å². The second-order valence-corrected chi connectivity index (χ2v) is 7.50. The summed E-state index contributed by atoms with van der Waals surface area (Å²) < 4.78 is 44.3. The number of hydrogen-bond acceptors (Lipinski definition) is 6. The molecule has 1 amide bonds. The summed E-state index contributed by atoms with van der Waals surface area (Å²) >= 11 is 0. The zero-order valence-electron chi connectivity index (χ0n) is 14.5. The number of hydrogen-bond donors (Lipinski definition) is 2. The van der Waals surface area contributed by atoms with E-state index < -0.39 is 34.0 Å². The van der Waals surface area contributed by atoms with Gasteiger partial charge in [-0.1, -0.05) is 0 Å². The molecule has 0 aliphatic rings. The highest BCUT2D eigenvalue weighted by atomic mass is 32.2. The summed E-state index contributed by atoms with van der Waals surface area (Å²) in [6, 6.07) is 10.7. The van der Waals surface area contributed by atoms with Crippen molar-refractivity contribution in [3.05, 3.63) is 64.9 Å². The minimum atomic E-state index is -3.58. The lowest BCUT2D eigenvalue weighted by molar-refractivity contribution is -0.117. The molecule has 28 heavy (non-hydrogen) atoms. The van der Waals surface area contributed by atoms with Gasteiger partial charge in [0.15, 0.2) is 0 Å². The van der Waals surface area contributed by atoms with Crippen LogP contribution in [0.4, 0.5) is 10.1 Å². The molecule has 1 aromatic heterocycles. The second-order valence-electron chi connectivity index (χ2n) is 5.62. The summed E-state index contributed by atoms with van der Waals surface area (Å²) in [5.74, 6) is -1.90. The maximum absolute atomic E-state index is 13.0. The first-order valence-electron chi connectivity index (χ1n) is 7.96. The molecule has 9 nitrogen and oxygen atoms in total. The number of rotatable bonds is 6. The van der Waals surface area contributed by atoms with E-state index >= 15 is 0 Å². The van der Waals surface area contributed by atoms with E-state index in [1.165, 1.54) is 55.6 Å². The molecule has 3 aromatic rings. The Morgan fingerprint density at radius 2 is 1.79 bits per heavy atom. The summed E-state index contributed by atoms with van der Waals surface area (Å²) in [5.41, 5.74) is 0.731. The van der Waals surface area contributed by atoms with Crippen molar-refractivity contribution in [3.63, 3.8) is 0 Å². The van der Waals surface area contributed by atoms with E-state index in [9.17, 15) is 22.4 Å². The third kappa shape index (κ3) is 4.32. The predicted octanol–water partition coefficient (Wildman–Crippen LogP) is 1.19. The van der Waals surface area contributed by atoms with Crippen molar-refractivity contribution in [2.24, 2.45) is 0 Å². The van der Waals surface area contributed by atoms with Gasteiger partial charge in [0.1, 0.15) is 12.4 Å². The molecule has 0 saturated carbocycles. The van der Waals surface area contributed by atoms with Crippen LogP contribution in [-0.4, -0.2) is 31.2 Å². The van der Waals surface area contributed by atoms with Gasteiger partial charge >= 0.3 is 5.76 Å². The van der Waals surface area contributed by atoms with Gasteiger partial charge in [0, 0.05) is 11.3 Å². The number of nitrogens with zero attached hydrogens (tertiary/aromatic N) is 2. The third-order valence-corrected chi connectivity index (χ3v) is 5.14. The molecule has 1 heterocycles. The van der Waals surface area contributed by atoms with Gasteiger partial charge in [-0.05, 0) is 55.6 Å². The van der Waals surface area contributed by atoms with Crippen molar-refractivity contribution in [2.45, 2.75) is 11.4 Å². The Labute approximate surface area is 158 Å². The van der Waals surface area contributed by atoms with Crippen molar-refractivity contribution in [1.29, 1.82) is 0 Å². The van der Waals surface area contributed by atoms with E-state index in [4.69, 9.17) is 4.42 Å². The van der Waals surface area contributed by atoms with Gasteiger partial charge in [-0.25, -0.2) is 22.3 Å². The van der Waals surface area contributed by atoms with Gasteiger partial charge in [-0.15, -0.1) is 5.10 Å². The summed E-state index contributed by atoms with van der Waals surface area (Å²) in [7, 11) is -2.29. The number of nitrogens with one attached hydrogen (secondary N) is 2. The van der Waals surface area contributed by atoms with Gasteiger partial charge in [0.05, 0.1) is 4.90 Å². The third-order valence-electron chi connectivity index (χ3n) is 3.71. The molecule has 0 aliphatic heterocycles. The van der Waals surface area contributed by atoms with Gasteiger partial charge in [-0.3, -0.25) is 4.79 Å². The molecular formula is C17H15FN4O5S. The average Bonchev–Trinajstić information content (AvgIpc) is 3.03. The SMILES string of the molecule is CNS(=O)(=O)c1ccc(NC(=O)Cn2nc(-c3ccc(F)cc3)oc2=O)cc1. The monoisotopic (exact) mass is 406 g/mol. The van der Waals surface area contributed by atoms with E-state index in [-0.39, 0.29) is 10.8 Å². The molecular weight excluding hydrogens is 391 g/mol. The molecule has 3 rings (SSSR count). The molecule has 0 spiro atoms. The minimum absolute atomic E-state index is 0.0422. The number of anilines is 1. The summed E-state index contributed by atoms with van der Waals surface area (Å²) in [4.78, 5) is 24.0. The normalized spacial score (nSPS) is 11.4. The van der Waals surface area contributed by atoms with Crippen LogP contribution < -0.4 is 15.8 Å². The highest BCUT2D eigenvalue weighted by Gasteiger charge is 2.14. The molecule has 146 valence electrons. The Morgan fingerprint density at radius 3 is 2.39 bits per heavy atom. The van der Waals surface area contributed by atoms with Gasteiger partial charge in [-0.2, -0.15) is 4.68 Å². The summed E-state index contributed by atoms with van der Waals surface area (Å²) in [6.07, 6.45) is 0. The van der Waals surface area contributed by atoms with Gasteiger partial charge in [0.25, 0.3) is 0 Å². The van der Waals surface area contributed by atoms with Crippen LogP contribution in [0.1, 0.15) is 0 Å². The average molecular weight is 406 g/mol. The lowest BCUT2D eigenvalue weighted by atomic mass is 10.2. The molecule has 0 unspecified atom stereocenters. The number of aromatic nitrogens is 2. The number of benzene rings is 2. The lowest BCUT2D eigenvalue weighted by Gasteiger charge is -2.06. The fourth-order valence-electron chi connectivity index (χ4n) is 2.29. The first kappa shape index (κ1) is 19.5. The standard InChI is InChI=1S/C17H15FN4O5S/c1-19-28(25,26)14-8-6-13(7-9-14)20-15(23)10-22-17(24)27-16(21-22)11-2-4-12(18)5-3-11/h2-9,19H,10H2,1H3,(H,20,23). The second kappa shape index (κ2) is 7.74. The quantitative estimate of drug-likeness (QED) is 0.634. The summed E-state index contributed by atoms with van der Waals surface area (Å²) in [6.45, 7) is -0.417. The van der Waals surface area contributed by atoms with Gasteiger partial charge < -0.3 is 9.73 Å². The number of carbonyl (C=O) groups is 1. The molecule has 0 saturated heterocycles. The van der Waals surface area contributed by atoms with Crippen molar-refractivity contribution >= 4 is 21.6 Å². The van der Waals surface area contributed by atoms with Crippen LogP contribution >= 0.6 is 0 Å². The van der Waals surface area contributed by atoms with E-state index in [0.717, 1.165) is 4.68 Å². The van der Waals surface area contributed by atoms with Crippen molar-refractivity contribution in [3.8, 4) is 11.5 Å². The Balaban J connectivity index is 1.70. The lowest BCUT2D eigenvalue weighted by Crippen LogP contribution is -2.26. The number of amides is 1. The van der Waals surface area contributed by atoms with E-state index in [0.29, 0.717) is 11.3 Å². The number of sulfonamides is 1. The van der Waals surface area contributed by atoms with Crippen molar-refractivity contribution in [2.75, 3.05) is 12.4 Å². The van der Waals surface area contributed by atoms with Crippen LogP contribution in [0.2, 0.25) is 0 Å². The largest absolute Gasteiger partial charge is 0.437 e. The molecule has 0 radical (unpaired) electrons. The molecule has 0 aliphatic carbocycles. The maximum Gasteiger partial charge on any atom is 0.437 e. The Bertz CT molecular complexity index is 1150. The van der Waals surface area contributed by atoms with Crippen molar-refractivity contribution < 1.29 is 22.0 Å². The Morgan fingerprint density at radius 1 is 1.14 bits per heavy atom. The fourth-order valence-corrected chi connectivity index (χ4v) is 3.02. The Hall–Kier alpha value is -3.31. The zero-order chi connectivity index (χ0) is 20.3. The van der Waals surface area contributed by atoms with Crippen LogP contribution in [0.5, 0.6) is 0 Å². The van der Waals surface area contributed by atoms with E-state index in [1.54, 1.807) is 0 Å². The highest BCUT2D eigenvalue weighted by Crippen LogP contribution is 2.16. The maximum atomic E-state index is 13.0. The van der Waals surface area contributed by atoms with Crippen LogP contribution in [-0.2, 0) is 21.4 Å².